The number of amides is 3. The molecule has 1 N–H and O–H groups in total. The first kappa shape index (κ1) is 22.5. The zero-order valence-electron chi connectivity index (χ0n) is 18.7. The molecule has 3 aliphatic heterocycles. The summed E-state index contributed by atoms with van der Waals surface area (Å²) in [5, 5.41) is 2.34. The summed E-state index contributed by atoms with van der Waals surface area (Å²) in [4.78, 5) is 54.8. The van der Waals surface area contributed by atoms with Gasteiger partial charge in [-0.25, -0.2) is 0 Å². The molecule has 0 bridgehead atoms. The molecule has 0 aromatic heterocycles. The van der Waals surface area contributed by atoms with Gasteiger partial charge in [0.15, 0.2) is 0 Å². The van der Waals surface area contributed by atoms with E-state index >= 15 is 0 Å². The van der Waals surface area contributed by atoms with Gasteiger partial charge in [0.1, 0.15) is 11.4 Å². The molecule has 4 unspecified atom stereocenters. The van der Waals surface area contributed by atoms with Crippen LogP contribution in [0.25, 0.3) is 0 Å². The van der Waals surface area contributed by atoms with Crippen LogP contribution in [0.4, 0.5) is 0 Å². The van der Waals surface area contributed by atoms with E-state index in [2.05, 4.69) is 5.32 Å². The number of carbonyl (C=O) groups is 4. The van der Waals surface area contributed by atoms with Crippen LogP contribution in [-0.4, -0.2) is 63.4 Å². The van der Waals surface area contributed by atoms with Crippen molar-refractivity contribution in [2.24, 2.45) is 5.92 Å². The minimum absolute atomic E-state index is 0.0828. The standard InChI is InChI=1S/C25H25N3O5S/c1-27(14-17-10-6-3-7-11-17)24(32)25-18(13-20(30)33-25)15-34-23-21(22(31)28(23)25)26-19(29)12-16-8-4-2-5-9-16/h2-11,18,21,23H,12-15H2,1H3,(H,26,29). The highest BCUT2D eigenvalue weighted by atomic mass is 32.2. The van der Waals surface area contributed by atoms with E-state index in [1.165, 1.54) is 21.6 Å². The third kappa shape index (κ3) is 3.73. The Bertz CT molecular complexity index is 1130. The predicted molar refractivity (Wildman–Crippen MR) is 125 cm³/mol. The van der Waals surface area contributed by atoms with Gasteiger partial charge in [-0.1, -0.05) is 60.7 Å². The Labute approximate surface area is 201 Å². The van der Waals surface area contributed by atoms with E-state index in [1.807, 2.05) is 60.7 Å². The molecule has 5 rings (SSSR count). The minimum atomic E-state index is -1.66. The van der Waals surface area contributed by atoms with Crippen LogP contribution in [0.1, 0.15) is 17.5 Å². The largest absolute Gasteiger partial charge is 0.429 e. The van der Waals surface area contributed by atoms with E-state index in [1.54, 1.807) is 7.05 Å². The summed E-state index contributed by atoms with van der Waals surface area (Å²) in [5.74, 6) is -1.53. The topological polar surface area (TPSA) is 96.0 Å². The maximum Gasteiger partial charge on any atom is 0.308 e. The molecule has 3 aliphatic rings. The van der Waals surface area contributed by atoms with Crippen molar-refractivity contribution >= 4 is 35.5 Å². The van der Waals surface area contributed by atoms with E-state index in [4.69, 9.17) is 4.74 Å². The van der Waals surface area contributed by atoms with E-state index in [0.717, 1.165) is 11.1 Å². The van der Waals surface area contributed by atoms with Gasteiger partial charge in [-0.05, 0) is 11.1 Å². The van der Waals surface area contributed by atoms with Gasteiger partial charge < -0.3 is 15.0 Å². The van der Waals surface area contributed by atoms with Gasteiger partial charge in [-0.2, -0.15) is 0 Å². The Morgan fingerprint density at radius 2 is 1.74 bits per heavy atom. The van der Waals surface area contributed by atoms with E-state index in [0.29, 0.717) is 12.3 Å². The number of nitrogens with zero attached hydrogens (tertiary/aromatic N) is 2. The summed E-state index contributed by atoms with van der Waals surface area (Å²) >= 11 is 1.47. The van der Waals surface area contributed by atoms with Crippen LogP contribution in [0.3, 0.4) is 0 Å². The lowest BCUT2D eigenvalue weighted by atomic mass is 9.88. The molecule has 8 nitrogen and oxygen atoms in total. The zero-order valence-corrected chi connectivity index (χ0v) is 19.5. The first-order valence-corrected chi connectivity index (χ1v) is 12.2. The van der Waals surface area contributed by atoms with Crippen LogP contribution in [0.15, 0.2) is 60.7 Å². The van der Waals surface area contributed by atoms with Gasteiger partial charge in [0, 0.05) is 25.3 Å². The summed E-state index contributed by atoms with van der Waals surface area (Å²) in [6.07, 6.45) is 0.239. The summed E-state index contributed by atoms with van der Waals surface area (Å²) in [6, 6.07) is 18.0. The molecule has 0 aliphatic carbocycles. The molecule has 0 saturated carbocycles. The monoisotopic (exact) mass is 479 g/mol. The number of thioether (sulfide) groups is 1. The van der Waals surface area contributed by atoms with Gasteiger partial charge in [0.05, 0.1) is 12.8 Å². The Morgan fingerprint density at radius 1 is 1.09 bits per heavy atom. The van der Waals surface area contributed by atoms with Crippen molar-refractivity contribution in [1.82, 2.24) is 15.1 Å². The first-order valence-electron chi connectivity index (χ1n) is 11.2. The van der Waals surface area contributed by atoms with Gasteiger partial charge >= 0.3 is 5.97 Å². The van der Waals surface area contributed by atoms with Crippen LogP contribution in [0.5, 0.6) is 0 Å². The number of fused-ring (bicyclic) bond motifs is 3. The molecule has 3 fully saturated rings. The lowest BCUT2D eigenvalue weighted by molar-refractivity contribution is -0.211. The Hall–Kier alpha value is -3.33. The summed E-state index contributed by atoms with van der Waals surface area (Å²) in [7, 11) is 1.65. The third-order valence-electron chi connectivity index (χ3n) is 6.54. The number of hydrogen-bond donors (Lipinski definition) is 1. The molecule has 2 aromatic carbocycles. The molecular formula is C25H25N3O5S. The zero-order chi connectivity index (χ0) is 23.9. The highest BCUT2D eigenvalue weighted by Crippen LogP contribution is 2.51. The quantitative estimate of drug-likeness (QED) is 0.499. The molecule has 34 heavy (non-hydrogen) atoms. The maximum absolute atomic E-state index is 13.7. The minimum Gasteiger partial charge on any atom is -0.429 e. The fraction of sp³-hybridized carbons (Fsp3) is 0.360. The average Bonchev–Trinajstić information content (AvgIpc) is 3.18. The predicted octanol–water partition coefficient (Wildman–Crippen LogP) is 1.55. The SMILES string of the molecule is CN(Cc1ccccc1)C(=O)C12OC(=O)CC1CSC1C(NC(=O)Cc3ccccc3)C(=O)N12. The molecule has 4 atom stereocenters. The summed E-state index contributed by atoms with van der Waals surface area (Å²) in [5.41, 5.74) is 0.117. The molecule has 3 amide bonds. The average molecular weight is 480 g/mol. The third-order valence-corrected chi connectivity index (χ3v) is 7.96. The number of likely N-dealkylation sites (N-methyl/N-ethyl adjacent to an activating group) is 1. The van der Waals surface area contributed by atoms with Crippen LogP contribution < -0.4 is 5.32 Å². The molecule has 9 heteroatoms. The van der Waals surface area contributed by atoms with Crippen molar-refractivity contribution in [2.45, 2.75) is 36.5 Å². The number of esters is 1. The van der Waals surface area contributed by atoms with Crippen LogP contribution in [0.2, 0.25) is 0 Å². The van der Waals surface area contributed by atoms with Crippen LogP contribution >= 0.6 is 11.8 Å². The smallest absolute Gasteiger partial charge is 0.308 e. The normalized spacial score (nSPS) is 27.2. The first-order chi connectivity index (χ1) is 16.4. The van der Waals surface area contributed by atoms with Gasteiger partial charge in [-0.3, -0.25) is 24.1 Å². The number of hydrogen-bond acceptors (Lipinski definition) is 6. The van der Waals surface area contributed by atoms with Gasteiger partial charge in [-0.15, -0.1) is 11.8 Å². The second-order valence-electron chi connectivity index (χ2n) is 8.86. The summed E-state index contributed by atoms with van der Waals surface area (Å²) < 4.78 is 5.68. The number of ether oxygens (including phenoxy) is 1. The van der Waals surface area contributed by atoms with Crippen molar-refractivity contribution in [3.63, 3.8) is 0 Å². The molecule has 3 saturated heterocycles. The molecule has 0 spiro atoms. The Balaban J connectivity index is 1.34. The Morgan fingerprint density at radius 3 is 2.41 bits per heavy atom. The van der Waals surface area contributed by atoms with Crippen molar-refractivity contribution in [3.05, 3.63) is 71.8 Å². The molecule has 176 valence electrons. The van der Waals surface area contributed by atoms with Crippen molar-refractivity contribution < 1.29 is 23.9 Å². The van der Waals surface area contributed by atoms with Crippen molar-refractivity contribution in [3.8, 4) is 0 Å². The molecule has 2 aromatic rings. The number of carbonyl (C=O) groups excluding carboxylic acids is 4. The number of benzene rings is 2. The second kappa shape index (κ2) is 8.79. The van der Waals surface area contributed by atoms with E-state index in [-0.39, 0.29) is 18.7 Å². The number of nitrogens with one attached hydrogen (secondary N) is 1. The number of rotatable bonds is 6. The molecular weight excluding hydrogens is 454 g/mol. The summed E-state index contributed by atoms with van der Waals surface area (Å²) in [6.45, 7) is 0.322. The Kier molecular flexibility index (Phi) is 5.81. The highest BCUT2D eigenvalue weighted by Gasteiger charge is 2.71. The van der Waals surface area contributed by atoms with Crippen molar-refractivity contribution in [2.75, 3.05) is 12.8 Å². The fourth-order valence-corrected chi connectivity index (χ4v) is 6.48. The van der Waals surface area contributed by atoms with Gasteiger partial charge in [0.2, 0.25) is 5.91 Å². The lowest BCUT2D eigenvalue weighted by Crippen LogP contribution is -2.81. The number of β-lactam (4-membered cyclic amide) rings is 1. The van der Waals surface area contributed by atoms with Gasteiger partial charge in [0.25, 0.3) is 17.5 Å². The highest BCUT2D eigenvalue weighted by molar-refractivity contribution is 8.00. The van der Waals surface area contributed by atoms with Crippen molar-refractivity contribution in [1.29, 1.82) is 0 Å². The molecule has 3 heterocycles. The lowest BCUT2D eigenvalue weighted by Gasteiger charge is -2.58. The van der Waals surface area contributed by atoms with E-state index < -0.39 is 40.8 Å². The second-order valence-corrected chi connectivity index (χ2v) is 10.0. The molecule has 0 radical (unpaired) electrons. The van der Waals surface area contributed by atoms with Crippen LogP contribution in [-0.2, 0) is 36.9 Å². The van der Waals surface area contributed by atoms with E-state index in [9.17, 15) is 19.2 Å². The van der Waals surface area contributed by atoms with Crippen LogP contribution in [0, 0.1) is 5.92 Å². The maximum atomic E-state index is 13.7. The fourth-order valence-electron chi connectivity index (χ4n) is 4.92.